The van der Waals surface area contributed by atoms with Crippen molar-refractivity contribution in [1.82, 2.24) is 13.2 Å². The van der Waals surface area contributed by atoms with E-state index in [-0.39, 0.29) is 10.8 Å². The lowest BCUT2D eigenvalue weighted by atomic mass is 9.86. The van der Waals surface area contributed by atoms with Gasteiger partial charge in [-0.25, -0.2) is 0 Å². The van der Waals surface area contributed by atoms with Crippen molar-refractivity contribution in [2.24, 2.45) is 0 Å². The molecule has 0 unspecified atom stereocenters. The van der Waals surface area contributed by atoms with Crippen LogP contribution in [0.15, 0.2) is 467 Å². The number of fused-ring (bicyclic) bond motifs is 24. The minimum Gasteiger partial charge on any atom is -0.310 e. The van der Waals surface area contributed by atoms with E-state index in [0.29, 0.717) is 0 Å². The molecule has 0 saturated heterocycles. The van der Waals surface area contributed by atoms with Gasteiger partial charge in [0, 0.05) is 98.8 Å². The van der Waals surface area contributed by atoms with E-state index in [0.717, 1.165) is 34.1 Å². The zero-order chi connectivity index (χ0) is 92.6. The third kappa shape index (κ3) is 13.5. The van der Waals surface area contributed by atoms with Gasteiger partial charge in [0.15, 0.2) is 0 Å². The van der Waals surface area contributed by atoms with Gasteiger partial charge in [-0.05, 0) is 301 Å². The summed E-state index contributed by atoms with van der Waals surface area (Å²) in [5.41, 5.74) is 31.3. The topological polar surface area (TPSA) is 19.7 Å². The number of para-hydroxylation sites is 7. The molecule has 0 bridgehead atoms. The summed E-state index contributed by atoms with van der Waals surface area (Å²) in [6.07, 6.45) is 0. The summed E-state index contributed by atoms with van der Waals surface area (Å²) in [4.78, 5) is 4.67. The van der Waals surface area contributed by atoms with Gasteiger partial charge in [0.25, 0.3) is 0 Å². The number of anilines is 6. The van der Waals surface area contributed by atoms with Crippen molar-refractivity contribution in [2.45, 2.75) is 52.4 Å². The van der Waals surface area contributed by atoms with Gasteiger partial charge in [0.05, 0.1) is 49.7 Å². The second-order valence-electron chi connectivity index (χ2n) is 40.0. The van der Waals surface area contributed by atoms with Crippen molar-refractivity contribution in [1.29, 1.82) is 0 Å². The molecule has 6 aromatic heterocycles. The Labute approximate surface area is 805 Å². The average molecular weight is 1780 g/mol. The highest BCUT2D eigenvalue weighted by Gasteiger charge is 2.26. The highest BCUT2D eigenvalue weighted by Crippen LogP contribution is 2.50. The summed E-state index contributed by atoms with van der Waals surface area (Å²) in [6, 6.07) is 172. The first-order valence-electron chi connectivity index (χ1n) is 48.5. The van der Waals surface area contributed by atoms with Crippen molar-refractivity contribution in [3.63, 3.8) is 0 Å². The van der Waals surface area contributed by atoms with Crippen LogP contribution in [0.4, 0.5) is 34.1 Å². The van der Waals surface area contributed by atoms with Crippen molar-refractivity contribution >= 4 is 213 Å². The molecule has 0 aliphatic carbocycles. The molecule has 5 heteroatoms. The molecule has 0 radical (unpaired) electrons. The molecule has 29 aromatic rings. The van der Waals surface area contributed by atoms with Crippen LogP contribution >= 0.6 is 0 Å². The Kier molecular flexibility index (Phi) is 18.5. The number of benzene rings is 23. The van der Waals surface area contributed by atoms with Gasteiger partial charge in [-0.15, -0.1) is 0 Å². The summed E-state index contributed by atoms with van der Waals surface area (Å²) >= 11 is 0. The minimum absolute atomic E-state index is 0.146. The Morgan fingerprint density at radius 1 is 0.144 bits per heavy atom. The highest BCUT2D eigenvalue weighted by atomic mass is 15.1. The largest absolute Gasteiger partial charge is 0.310 e. The Hall–Kier alpha value is -17.4. The normalized spacial score (nSPS) is 12.2. The van der Waals surface area contributed by atoms with Crippen LogP contribution in [-0.2, 0) is 10.8 Å². The van der Waals surface area contributed by atoms with E-state index in [1.54, 1.807) is 0 Å². The number of hydrogen-bond donors (Lipinski definition) is 0. The van der Waals surface area contributed by atoms with Crippen LogP contribution in [0.3, 0.4) is 0 Å². The molecule has 23 aromatic carbocycles. The van der Waals surface area contributed by atoms with Gasteiger partial charge in [-0.2, -0.15) is 0 Å². The standard InChI is InChI=1S/C50H33N3.C46H39N.C38H23N/c1-5-14-38(15-6-1)51(39-16-7-2-8-17-39)42-26-24-34-30-46-44-22-13-23-45-47-31-35-25-27-43(52(40-18-9-3-10-19-40)41-20-11-4-12-21-41)29-37(35)33-49(47)53(50(44)45)48(46)32-36(34)28-42;1-45(2,3)36-18-14-28(15-19-36)30-10-12-32-24-40-38-8-7-9-39-41-25-33-13-11-31(29-16-20-37(21-17-29)46(4,5)6)23-35(33)27-43(41)47(44(38)39)42(40)26-34(32)22-30;1-3-8-24(9-4-1)26-14-16-28-20-34-32-12-7-13-33-35-21-29-17-15-27(25-10-5-2-6-11-25)19-31(29)23-37(35)39(38(32)33)36(34)22-30(28)18-26/h1-33H;7-27H,1-6H3;1-23H. The molecule has 0 aliphatic heterocycles. The Morgan fingerprint density at radius 2 is 0.345 bits per heavy atom. The molecule has 5 nitrogen and oxygen atoms in total. The van der Waals surface area contributed by atoms with Gasteiger partial charge in [-0.1, -0.05) is 339 Å². The van der Waals surface area contributed by atoms with Gasteiger partial charge < -0.3 is 23.0 Å². The van der Waals surface area contributed by atoms with Gasteiger partial charge >= 0.3 is 0 Å². The molecule has 0 amide bonds. The molecule has 0 fully saturated rings. The first-order chi connectivity index (χ1) is 68.1. The molecule has 6 heterocycles. The number of rotatable bonds is 10. The smallest absolute Gasteiger partial charge is 0.0620 e. The zero-order valence-electron chi connectivity index (χ0n) is 78.2. The van der Waals surface area contributed by atoms with Crippen molar-refractivity contribution in [3.8, 4) is 44.5 Å². The van der Waals surface area contributed by atoms with Gasteiger partial charge in [-0.3, -0.25) is 0 Å². The first-order valence-corrected chi connectivity index (χ1v) is 48.5. The predicted octanol–water partition coefficient (Wildman–Crippen LogP) is 37.6. The summed E-state index contributed by atoms with van der Waals surface area (Å²) in [6.45, 7) is 13.6. The van der Waals surface area contributed by atoms with Gasteiger partial charge in [0.1, 0.15) is 0 Å². The van der Waals surface area contributed by atoms with E-state index in [1.165, 1.54) is 235 Å². The molecule has 29 rings (SSSR count). The maximum Gasteiger partial charge on any atom is 0.0620 e. The second-order valence-corrected chi connectivity index (χ2v) is 40.0. The van der Waals surface area contributed by atoms with E-state index < -0.39 is 0 Å². The van der Waals surface area contributed by atoms with Crippen LogP contribution in [-0.4, -0.2) is 13.2 Å². The fourth-order valence-corrected chi connectivity index (χ4v) is 22.6. The molecule has 656 valence electrons. The quantitative estimate of drug-likeness (QED) is 0.136. The van der Waals surface area contributed by atoms with E-state index >= 15 is 0 Å². The predicted molar refractivity (Wildman–Crippen MR) is 597 cm³/mol. The first kappa shape index (κ1) is 81.2. The lowest BCUT2D eigenvalue weighted by Gasteiger charge is -2.25. The van der Waals surface area contributed by atoms with Crippen LogP contribution in [0.5, 0.6) is 0 Å². The fraction of sp³-hybridized carbons (Fsp3) is 0.0597. The third-order valence-electron chi connectivity index (χ3n) is 29.6. The van der Waals surface area contributed by atoms with Crippen LogP contribution in [0.1, 0.15) is 52.7 Å². The molecule has 0 saturated carbocycles. The van der Waals surface area contributed by atoms with Crippen molar-refractivity contribution in [2.75, 3.05) is 9.80 Å². The third-order valence-corrected chi connectivity index (χ3v) is 29.6. The zero-order valence-corrected chi connectivity index (χ0v) is 78.2. The number of hydrogen-bond acceptors (Lipinski definition) is 2. The summed E-state index contributed by atoms with van der Waals surface area (Å²) in [7, 11) is 0. The Morgan fingerprint density at radius 3 is 0.576 bits per heavy atom. The molecular weight excluding hydrogens is 1680 g/mol. The fourth-order valence-electron chi connectivity index (χ4n) is 22.6. The van der Waals surface area contributed by atoms with Gasteiger partial charge in [0.2, 0.25) is 0 Å². The molecule has 0 N–H and O–H groups in total. The monoisotopic (exact) mass is 1770 g/mol. The average Bonchev–Trinajstić information content (AvgIpc) is 1.54. The summed E-state index contributed by atoms with van der Waals surface area (Å²) in [5, 5.41) is 30.8. The van der Waals surface area contributed by atoms with E-state index in [2.05, 4.69) is 532 Å². The van der Waals surface area contributed by atoms with E-state index in [9.17, 15) is 0 Å². The summed E-state index contributed by atoms with van der Waals surface area (Å²) in [5.74, 6) is 0. The molecule has 0 spiro atoms. The maximum absolute atomic E-state index is 2.52. The molecule has 0 aliphatic rings. The van der Waals surface area contributed by atoms with Crippen LogP contribution < -0.4 is 9.80 Å². The number of aromatic nitrogens is 3. The van der Waals surface area contributed by atoms with Crippen LogP contribution in [0.2, 0.25) is 0 Å². The maximum atomic E-state index is 2.52. The lowest BCUT2D eigenvalue weighted by Crippen LogP contribution is -2.10. The highest BCUT2D eigenvalue weighted by molar-refractivity contribution is 6.30. The molecular formula is C134H95N5. The van der Waals surface area contributed by atoms with E-state index in [4.69, 9.17) is 0 Å². The Balaban J connectivity index is 0.000000106. The minimum atomic E-state index is 0.146. The lowest BCUT2D eigenvalue weighted by molar-refractivity contribution is 0.590. The molecule has 0 atom stereocenters. The SMILES string of the molecule is CC(C)(C)c1ccc(-c2ccc3cc4c5cccc6c7cc8ccc(-c9ccc(C(C)(C)C)cc9)cc8cc7n(c4cc3c2)c56)cc1.c1ccc(-c2ccc3cc4c5cccc6c7cc8ccc(-c9ccccc9)cc8cc7n(c4cc3c2)c56)cc1.c1ccc(N(c2ccccc2)c2ccc3cc4c5cccc6c7cc8ccc(N(c9ccccc9)c9ccccc9)cc8cc7n(c4cc3c2)c56)cc1. The van der Waals surface area contributed by atoms with Crippen molar-refractivity contribution in [3.05, 3.63) is 478 Å². The van der Waals surface area contributed by atoms with Crippen LogP contribution in [0.25, 0.3) is 223 Å². The summed E-state index contributed by atoms with van der Waals surface area (Å²) < 4.78 is 7.52. The van der Waals surface area contributed by atoms with Crippen molar-refractivity contribution < 1.29 is 0 Å². The number of nitrogens with zero attached hydrogens (tertiary/aromatic N) is 5. The molecule has 139 heavy (non-hydrogen) atoms. The van der Waals surface area contributed by atoms with Crippen LogP contribution in [0, 0.1) is 0 Å². The second kappa shape index (κ2) is 31.6. The van der Waals surface area contributed by atoms with E-state index in [1.807, 2.05) is 0 Å². The Bertz CT molecular complexity index is 9290.